The fourth-order valence-corrected chi connectivity index (χ4v) is 2.93. The minimum absolute atomic E-state index is 0.187. The fourth-order valence-electron chi connectivity index (χ4n) is 2.93. The van der Waals surface area contributed by atoms with Gasteiger partial charge in [-0.1, -0.05) is 24.3 Å². The van der Waals surface area contributed by atoms with Gasteiger partial charge in [-0.2, -0.15) is 0 Å². The molecule has 4 aromatic rings. The predicted octanol–water partition coefficient (Wildman–Crippen LogP) is 4.24. The van der Waals surface area contributed by atoms with Crippen molar-refractivity contribution in [3.8, 4) is 0 Å². The third-order valence-electron chi connectivity index (χ3n) is 4.26. The standard InChI is InChI=1S/C20H17N3O2/c1-14-5-2-3-6-15(14)13-23-17-8-10-25-19(17)11-18(23)20(24)22-16-7-4-9-21-12-16/h2-12H,13H2,1H3,(H,22,24). The minimum atomic E-state index is -0.187. The summed E-state index contributed by atoms with van der Waals surface area (Å²) in [6.45, 7) is 2.67. The van der Waals surface area contributed by atoms with Crippen LogP contribution >= 0.6 is 0 Å². The smallest absolute Gasteiger partial charge is 0.272 e. The topological polar surface area (TPSA) is 60.1 Å². The predicted molar refractivity (Wildman–Crippen MR) is 96.7 cm³/mol. The Balaban J connectivity index is 1.73. The quantitative estimate of drug-likeness (QED) is 0.608. The molecule has 0 radical (unpaired) electrons. The van der Waals surface area contributed by atoms with Gasteiger partial charge < -0.3 is 14.3 Å². The lowest BCUT2D eigenvalue weighted by Crippen LogP contribution is -2.17. The Hall–Kier alpha value is -3.34. The highest BCUT2D eigenvalue weighted by molar-refractivity contribution is 6.05. The molecule has 0 atom stereocenters. The van der Waals surface area contributed by atoms with Gasteiger partial charge in [0.25, 0.3) is 5.91 Å². The largest absolute Gasteiger partial charge is 0.463 e. The van der Waals surface area contributed by atoms with Crippen molar-refractivity contribution in [1.82, 2.24) is 9.55 Å². The maximum absolute atomic E-state index is 12.8. The summed E-state index contributed by atoms with van der Waals surface area (Å²) in [6.07, 6.45) is 4.93. The normalized spacial score (nSPS) is 10.9. The number of nitrogens with zero attached hydrogens (tertiary/aromatic N) is 2. The van der Waals surface area contributed by atoms with Crippen LogP contribution in [0, 0.1) is 6.92 Å². The molecule has 3 aromatic heterocycles. The van der Waals surface area contributed by atoms with E-state index in [0.29, 0.717) is 23.5 Å². The highest BCUT2D eigenvalue weighted by atomic mass is 16.3. The number of rotatable bonds is 4. The highest BCUT2D eigenvalue weighted by Gasteiger charge is 2.18. The van der Waals surface area contributed by atoms with Gasteiger partial charge in [0, 0.05) is 24.9 Å². The van der Waals surface area contributed by atoms with Gasteiger partial charge in [0.15, 0.2) is 5.58 Å². The molecule has 0 saturated carbocycles. The Labute approximate surface area is 144 Å². The molecule has 0 aliphatic rings. The average molecular weight is 331 g/mol. The van der Waals surface area contributed by atoms with E-state index in [0.717, 1.165) is 11.1 Å². The number of aryl methyl sites for hydroxylation is 1. The van der Waals surface area contributed by atoms with Gasteiger partial charge in [-0.15, -0.1) is 0 Å². The maximum atomic E-state index is 12.8. The molecule has 5 nitrogen and oxygen atoms in total. The Kier molecular flexibility index (Phi) is 3.82. The number of hydrogen-bond acceptors (Lipinski definition) is 3. The molecule has 1 amide bonds. The molecular formula is C20H17N3O2. The van der Waals surface area contributed by atoms with Crippen molar-refractivity contribution >= 4 is 22.7 Å². The van der Waals surface area contributed by atoms with Crippen molar-refractivity contribution in [2.45, 2.75) is 13.5 Å². The second kappa shape index (κ2) is 6.28. The molecule has 0 aliphatic carbocycles. The van der Waals surface area contributed by atoms with Crippen molar-refractivity contribution in [2.24, 2.45) is 0 Å². The molecule has 0 unspecified atom stereocenters. The monoisotopic (exact) mass is 331 g/mol. The Morgan fingerprint density at radius 1 is 1.20 bits per heavy atom. The van der Waals surface area contributed by atoms with Crippen LogP contribution in [-0.4, -0.2) is 15.5 Å². The molecule has 0 aliphatic heterocycles. The van der Waals surface area contributed by atoms with Crippen molar-refractivity contribution in [3.05, 3.63) is 84.0 Å². The lowest BCUT2D eigenvalue weighted by molar-refractivity contribution is 0.101. The lowest BCUT2D eigenvalue weighted by atomic mass is 10.1. The van der Waals surface area contributed by atoms with E-state index in [1.54, 1.807) is 30.8 Å². The van der Waals surface area contributed by atoms with E-state index >= 15 is 0 Å². The van der Waals surface area contributed by atoms with Gasteiger partial charge in [0.05, 0.1) is 23.7 Å². The summed E-state index contributed by atoms with van der Waals surface area (Å²) in [5.41, 5.74) is 5.17. The second-order valence-electron chi connectivity index (χ2n) is 5.91. The third kappa shape index (κ3) is 2.92. The molecule has 4 rings (SSSR count). The van der Waals surface area contributed by atoms with E-state index in [1.165, 1.54) is 5.56 Å². The van der Waals surface area contributed by atoms with Crippen LogP contribution in [0.25, 0.3) is 11.1 Å². The van der Waals surface area contributed by atoms with Crippen molar-refractivity contribution in [2.75, 3.05) is 5.32 Å². The number of benzene rings is 1. The van der Waals surface area contributed by atoms with Crippen molar-refractivity contribution in [1.29, 1.82) is 0 Å². The minimum Gasteiger partial charge on any atom is -0.463 e. The molecular weight excluding hydrogens is 314 g/mol. The number of amides is 1. The van der Waals surface area contributed by atoms with E-state index in [2.05, 4.69) is 29.4 Å². The Morgan fingerprint density at radius 3 is 2.88 bits per heavy atom. The van der Waals surface area contributed by atoms with Crippen LogP contribution in [0.2, 0.25) is 0 Å². The third-order valence-corrected chi connectivity index (χ3v) is 4.26. The Bertz CT molecular complexity index is 1030. The maximum Gasteiger partial charge on any atom is 0.272 e. The lowest BCUT2D eigenvalue weighted by Gasteiger charge is -2.12. The number of hydrogen-bond donors (Lipinski definition) is 1. The van der Waals surface area contributed by atoms with Gasteiger partial charge >= 0.3 is 0 Å². The first-order chi connectivity index (χ1) is 12.2. The van der Waals surface area contributed by atoms with Crippen LogP contribution in [0.1, 0.15) is 21.6 Å². The zero-order chi connectivity index (χ0) is 17.2. The van der Waals surface area contributed by atoms with Crippen LogP contribution in [0.4, 0.5) is 5.69 Å². The molecule has 0 fully saturated rings. The fraction of sp³-hybridized carbons (Fsp3) is 0.100. The van der Waals surface area contributed by atoms with Crippen molar-refractivity contribution < 1.29 is 9.21 Å². The Morgan fingerprint density at radius 2 is 2.08 bits per heavy atom. The molecule has 1 aromatic carbocycles. The van der Waals surface area contributed by atoms with E-state index in [1.807, 2.05) is 28.8 Å². The van der Waals surface area contributed by atoms with Gasteiger partial charge in [-0.25, -0.2) is 0 Å². The zero-order valence-corrected chi connectivity index (χ0v) is 13.8. The number of fused-ring (bicyclic) bond motifs is 1. The van der Waals surface area contributed by atoms with E-state index in [4.69, 9.17) is 4.42 Å². The first-order valence-corrected chi connectivity index (χ1v) is 8.05. The van der Waals surface area contributed by atoms with Gasteiger partial charge in [-0.05, 0) is 30.2 Å². The zero-order valence-electron chi connectivity index (χ0n) is 13.8. The average Bonchev–Trinajstić information content (AvgIpc) is 3.20. The molecule has 3 heterocycles. The van der Waals surface area contributed by atoms with Gasteiger partial charge in [0.1, 0.15) is 5.69 Å². The number of anilines is 1. The van der Waals surface area contributed by atoms with E-state index in [-0.39, 0.29) is 5.91 Å². The summed E-state index contributed by atoms with van der Waals surface area (Å²) in [5.74, 6) is -0.187. The summed E-state index contributed by atoms with van der Waals surface area (Å²) in [4.78, 5) is 16.8. The molecule has 25 heavy (non-hydrogen) atoms. The van der Waals surface area contributed by atoms with Crippen LogP contribution in [0.3, 0.4) is 0 Å². The van der Waals surface area contributed by atoms with Crippen LogP contribution < -0.4 is 5.32 Å². The first-order valence-electron chi connectivity index (χ1n) is 8.05. The first kappa shape index (κ1) is 15.2. The van der Waals surface area contributed by atoms with Crippen molar-refractivity contribution in [3.63, 3.8) is 0 Å². The molecule has 5 heteroatoms. The summed E-state index contributed by atoms with van der Waals surface area (Å²) < 4.78 is 7.47. The van der Waals surface area contributed by atoms with Gasteiger partial charge in [0.2, 0.25) is 0 Å². The molecule has 0 saturated heterocycles. The number of nitrogens with one attached hydrogen (secondary N) is 1. The molecule has 124 valence electrons. The van der Waals surface area contributed by atoms with Gasteiger partial charge in [-0.3, -0.25) is 9.78 Å². The molecule has 0 spiro atoms. The SMILES string of the molecule is Cc1ccccc1Cn1c(C(=O)Nc2cccnc2)cc2occc21. The highest BCUT2D eigenvalue weighted by Crippen LogP contribution is 2.24. The number of carbonyl (C=O) groups is 1. The van der Waals surface area contributed by atoms with Crippen LogP contribution in [-0.2, 0) is 6.54 Å². The number of carbonyl (C=O) groups excluding carboxylic acids is 1. The van der Waals surface area contributed by atoms with E-state index < -0.39 is 0 Å². The second-order valence-corrected chi connectivity index (χ2v) is 5.91. The van der Waals surface area contributed by atoms with Crippen LogP contribution in [0.5, 0.6) is 0 Å². The van der Waals surface area contributed by atoms with E-state index in [9.17, 15) is 4.79 Å². The van der Waals surface area contributed by atoms with Crippen LogP contribution in [0.15, 0.2) is 71.6 Å². The summed E-state index contributed by atoms with van der Waals surface area (Å²) >= 11 is 0. The number of aromatic nitrogens is 2. The number of pyridine rings is 1. The molecule has 0 bridgehead atoms. The summed E-state index contributed by atoms with van der Waals surface area (Å²) in [5, 5.41) is 2.89. The summed E-state index contributed by atoms with van der Waals surface area (Å²) in [7, 11) is 0. The summed E-state index contributed by atoms with van der Waals surface area (Å²) in [6, 6.07) is 15.4. The number of furan rings is 1. The molecule has 1 N–H and O–H groups in total.